The lowest BCUT2D eigenvalue weighted by Gasteiger charge is -2.34. The van der Waals surface area contributed by atoms with E-state index < -0.39 is 0 Å². The average Bonchev–Trinajstić information content (AvgIpc) is 2.06. The number of carbonyl (C=O) groups is 1. The summed E-state index contributed by atoms with van der Waals surface area (Å²) in [4.78, 5) is 11.1. The third kappa shape index (κ3) is 1.78. The van der Waals surface area contributed by atoms with Gasteiger partial charge in [-0.3, -0.25) is 4.79 Å². The monoisotopic (exact) mass is 170 g/mol. The van der Waals surface area contributed by atoms with Gasteiger partial charge in [0.1, 0.15) is 0 Å². The van der Waals surface area contributed by atoms with Crippen LogP contribution in [0.5, 0.6) is 0 Å². The molecule has 1 fully saturated rings. The van der Waals surface area contributed by atoms with Crippen LogP contribution < -0.4 is 11.1 Å². The molecule has 1 amide bonds. The number of piperidine rings is 1. The number of hydrogen-bond acceptors (Lipinski definition) is 2. The maximum Gasteiger partial charge on any atom is 0.223 e. The molecule has 1 atom stereocenters. The van der Waals surface area contributed by atoms with E-state index in [1.54, 1.807) is 0 Å². The van der Waals surface area contributed by atoms with Crippen LogP contribution in [0.4, 0.5) is 0 Å². The number of nitrogens with one attached hydrogen (secondary N) is 1. The van der Waals surface area contributed by atoms with E-state index in [0.717, 1.165) is 25.9 Å². The number of carbonyl (C=O) groups excluding carboxylic acids is 1. The van der Waals surface area contributed by atoms with Gasteiger partial charge in [0.25, 0.3) is 0 Å². The predicted molar refractivity (Wildman–Crippen MR) is 48.6 cm³/mol. The Hall–Kier alpha value is -0.570. The van der Waals surface area contributed by atoms with Gasteiger partial charge in [0, 0.05) is 5.41 Å². The van der Waals surface area contributed by atoms with E-state index in [0.29, 0.717) is 5.92 Å². The molecule has 0 aromatic rings. The maximum atomic E-state index is 11.1. The lowest BCUT2D eigenvalue weighted by Crippen LogP contribution is -2.45. The summed E-state index contributed by atoms with van der Waals surface area (Å²) >= 11 is 0. The van der Waals surface area contributed by atoms with Crippen molar-refractivity contribution in [2.75, 3.05) is 13.1 Å². The smallest absolute Gasteiger partial charge is 0.223 e. The zero-order valence-corrected chi connectivity index (χ0v) is 7.89. The third-order valence-electron chi connectivity index (χ3n) is 2.95. The highest BCUT2D eigenvalue weighted by Gasteiger charge is 2.35. The van der Waals surface area contributed by atoms with Crippen LogP contribution in [0.25, 0.3) is 0 Å². The van der Waals surface area contributed by atoms with Gasteiger partial charge in [-0.25, -0.2) is 0 Å². The molecule has 0 unspecified atom stereocenters. The molecule has 0 radical (unpaired) electrons. The number of amides is 1. The molecule has 0 aromatic carbocycles. The van der Waals surface area contributed by atoms with E-state index in [-0.39, 0.29) is 11.3 Å². The molecular weight excluding hydrogens is 152 g/mol. The normalized spacial score (nSPS) is 25.3. The van der Waals surface area contributed by atoms with Crippen LogP contribution in [0.15, 0.2) is 0 Å². The van der Waals surface area contributed by atoms with Gasteiger partial charge in [-0.05, 0) is 31.8 Å². The van der Waals surface area contributed by atoms with Crippen LogP contribution >= 0.6 is 0 Å². The summed E-state index contributed by atoms with van der Waals surface area (Å²) in [5.74, 6) is 0.222. The Labute approximate surface area is 73.7 Å². The zero-order chi connectivity index (χ0) is 9.19. The largest absolute Gasteiger partial charge is 0.369 e. The van der Waals surface area contributed by atoms with E-state index in [1.165, 1.54) is 0 Å². The number of nitrogens with two attached hydrogens (primary N) is 1. The van der Waals surface area contributed by atoms with Crippen molar-refractivity contribution in [2.45, 2.75) is 26.7 Å². The zero-order valence-electron chi connectivity index (χ0n) is 7.89. The summed E-state index contributed by atoms with van der Waals surface area (Å²) in [6.45, 7) is 5.88. The standard InChI is InChI=1S/C9H18N2O/c1-9(2,8(10)12)7-4-3-5-11-6-7/h7,11H,3-6H2,1-2H3,(H2,10,12)/t7-/m1/s1. The Morgan fingerprint density at radius 1 is 1.58 bits per heavy atom. The molecule has 1 aliphatic rings. The van der Waals surface area contributed by atoms with Crippen molar-refractivity contribution in [3.63, 3.8) is 0 Å². The second-order valence-corrected chi connectivity index (χ2v) is 4.13. The summed E-state index contributed by atoms with van der Waals surface area (Å²) in [6.07, 6.45) is 2.27. The van der Waals surface area contributed by atoms with Gasteiger partial charge in [0.2, 0.25) is 5.91 Å². The van der Waals surface area contributed by atoms with Gasteiger partial charge in [0.15, 0.2) is 0 Å². The Bertz CT molecular complexity index is 171. The average molecular weight is 170 g/mol. The van der Waals surface area contributed by atoms with E-state index in [1.807, 2.05) is 13.8 Å². The predicted octanol–water partition coefficient (Wildman–Crippen LogP) is 0.498. The van der Waals surface area contributed by atoms with Crippen LogP contribution in [-0.4, -0.2) is 19.0 Å². The molecule has 1 saturated heterocycles. The first kappa shape index (κ1) is 9.52. The maximum absolute atomic E-state index is 11.1. The van der Waals surface area contributed by atoms with Crippen LogP contribution in [-0.2, 0) is 4.79 Å². The molecule has 0 spiro atoms. The molecule has 3 N–H and O–H groups in total. The highest BCUT2D eigenvalue weighted by molar-refractivity contribution is 5.80. The Balaban J connectivity index is 2.59. The molecule has 0 saturated carbocycles. The van der Waals surface area contributed by atoms with Crippen molar-refractivity contribution in [2.24, 2.45) is 17.1 Å². The summed E-state index contributed by atoms with van der Waals surface area (Å²) in [5, 5.41) is 3.29. The molecule has 0 aliphatic carbocycles. The number of hydrogen-bond donors (Lipinski definition) is 2. The topological polar surface area (TPSA) is 55.1 Å². The Kier molecular flexibility index (Phi) is 2.73. The minimum Gasteiger partial charge on any atom is -0.369 e. The highest BCUT2D eigenvalue weighted by atomic mass is 16.1. The van der Waals surface area contributed by atoms with Gasteiger partial charge in [0.05, 0.1) is 0 Å². The van der Waals surface area contributed by atoms with Gasteiger partial charge in [-0.2, -0.15) is 0 Å². The molecule has 1 rings (SSSR count). The van der Waals surface area contributed by atoms with Gasteiger partial charge >= 0.3 is 0 Å². The van der Waals surface area contributed by atoms with Crippen LogP contribution in [0, 0.1) is 11.3 Å². The second kappa shape index (κ2) is 3.44. The van der Waals surface area contributed by atoms with Crippen LogP contribution in [0.3, 0.4) is 0 Å². The summed E-state index contributed by atoms with van der Waals surface area (Å²) < 4.78 is 0. The van der Waals surface area contributed by atoms with Crippen molar-refractivity contribution < 1.29 is 4.79 Å². The summed E-state index contributed by atoms with van der Waals surface area (Å²) in [5.41, 5.74) is 4.98. The van der Waals surface area contributed by atoms with Gasteiger partial charge in [-0.15, -0.1) is 0 Å². The van der Waals surface area contributed by atoms with E-state index in [2.05, 4.69) is 5.32 Å². The van der Waals surface area contributed by atoms with Gasteiger partial charge < -0.3 is 11.1 Å². The summed E-state index contributed by atoms with van der Waals surface area (Å²) in [6, 6.07) is 0. The van der Waals surface area contributed by atoms with Crippen molar-refractivity contribution in [1.29, 1.82) is 0 Å². The van der Waals surface area contributed by atoms with E-state index in [9.17, 15) is 4.79 Å². The minimum absolute atomic E-state index is 0.184. The molecule has 0 aromatic heterocycles. The number of rotatable bonds is 2. The van der Waals surface area contributed by atoms with Crippen LogP contribution in [0.2, 0.25) is 0 Å². The van der Waals surface area contributed by atoms with E-state index >= 15 is 0 Å². The first-order valence-electron chi connectivity index (χ1n) is 4.56. The van der Waals surface area contributed by atoms with E-state index in [4.69, 9.17) is 5.73 Å². The SMILES string of the molecule is CC(C)(C(N)=O)[C@@H]1CCCNC1. The minimum atomic E-state index is -0.354. The van der Waals surface area contributed by atoms with Crippen LogP contribution in [0.1, 0.15) is 26.7 Å². The third-order valence-corrected chi connectivity index (χ3v) is 2.95. The van der Waals surface area contributed by atoms with Gasteiger partial charge in [-0.1, -0.05) is 13.8 Å². The first-order chi connectivity index (χ1) is 5.55. The molecule has 3 heteroatoms. The molecular formula is C9H18N2O. The molecule has 70 valence electrons. The molecule has 12 heavy (non-hydrogen) atoms. The lowest BCUT2D eigenvalue weighted by molar-refractivity contribution is -0.129. The van der Waals surface area contributed by atoms with Crippen molar-refractivity contribution >= 4 is 5.91 Å². The summed E-state index contributed by atoms with van der Waals surface area (Å²) in [7, 11) is 0. The Morgan fingerprint density at radius 3 is 2.67 bits per heavy atom. The number of primary amides is 1. The second-order valence-electron chi connectivity index (χ2n) is 4.13. The fourth-order valence-electron chi connectivity index (χ4n) is 1.67. The molecule has 1 heterocycles. The molecule has 0 bridgehead atoms. The highest BCUT2D eigenvalue weighted by Crippen LogP contribution is 2.30. The van der Waals surface area contributed by atoms with Crippen molar-refractivity contribution in [3.8, 4) is 0 Å². The molecule has 3 nitrogen and oxygen atoms in total. The fraction of sp³-hybridized carbons (Fsp3) is 0.889. The van der Waals surface area contributed by atoms with Crippen molar-refractivity contribution in [3.05, 3.63) is 0 Å². The van der Waals surface area contributed by atoms with Crippen molar-refractivity contribution in [1.82, 2.24) is 5.32 Å². The lowest BCUT2D eigenvalue weighted by atomic mass is 9.74. The quantitative estimate of drug-likeness (QED) is 0.634. The molecule has 1 aliphatic heterocycles. The first-order valence-corrected chi connectivity index (χ1v) is 4.56. The Morgan fingerprint density at radius 2 is 2.25 bits per heavy atom. The fourth-order valence-corrected chi connectivity index (χ4v) is 1.67.